The number of methoxy groups -OCH3 is 1. The van der Waals surface area contributed by atoms with Gasteiger partial charge in [-0.2, -0.15) is 0 Å². The number of carbonyl (C=O) groups is 4. The highest BCUT2D eigenvalue weighted by Crippen LogP contribution is 2.39. The number of anilines is 1. The van der Waals surface area contributed by atoms with E-state index in [9.17, 15) is 23.6 Å². The predicted molar refractivity (Wildman–Crippen MR) is 169 cm³/mol. The number of ether oxygens (including phenoxy) is 3. The minimum absolute atomic E-state index is 0.0849. The Morgan fingerprint density at radius 3 is 2.66 bits per heavy atom. The van der Waals surface area contributed by atoms with Crippen molar-refractivity contribution in [3.63, 3.8) is 0 Å². The Morgan fingerprint density at radius 2 is 1.93 bits per heavy atom. The minimum Gasteiger partial charge on any atom is -0.493 e. The first-order valence-corrected chi connectivity index (χ1v) is 15.3. The zero-order valence-corrected chi connectivity index (χ0v) is 26.8. The van der Waals surface area contributed by atoms with Crippen LogP contribution < -0.4 is 14.8 Å². The molecule has 230 valence electrons. The quantitative estimate of drug-likeness (QED) is 0.118. The minimum atomic E-state index is -0.648. The number of halogens is 3. The number of amides is 3. The monoisotopic (exact) mass is 704 g/mol. The third kappa shape index (κ3) is 8.40. The van der Waals surface area contributed by atoms with Gasteiger partial charge in [0.15, 0.2) is 11.5 Å². The molecule has 1 aliphatic heterocycles. The molecule has 0 unspecified atom stereocenters. The molecule has 0 atom stereocenters. The van der Waals surface area contributed by atoms with Crippen LogP contribution in [0.15, 0.2) is 64.0 Å². The maximum atomic E-state index is 13.5. The smallest absolute Gasteiger partial charge is 0.339 e. The number of carbonyl (C=O) groups excluding carboxylic acids is 4. The van der Waals surface area contributed by atoms with Crippen LogP contribution in [0.3, 0.4) is 0 Å². The summed E-state index contributed by atoms with van der Waals surface area (Å²) in [4.78, 5) is 51.8. The zero-order valence-electron chi connectivity index (χ0n) is 23.7. The van der Waals surface area contributed by atoms with Gasteiger partial charge in [-0.25, -0.2) is 9.18 Å². The molecule has 0 radical (unpaired) electrons. The van der Waals surface area contributed by atoms with E-state index in [1.165, 1.54) is 43.5 Å². The molecule has 1 heterocycles. The van der Waals surface area contributed by atoms with E-state index < -0.39 is 29.6 Å². The molecule has 4 rings (SSSR count). The predicted octanol–water partition coefficient (Wildman–Crippen LogP) is 7.46. The van der Waals surface area contributed by atoms with Crippen LogP contribution in [0, 0.1) is 5.82 Å². The van der Waals surface area contributed by atoms with Gasteiger partial charge in [0, 0.05) is 5.69 Å². The number of nitrogens with zero attached hydrogens (tertiary/aromatic N) is 1. The van der Waals surface area contributed by atoms with Gasteiger partial charge in [0.1, 0.15) is 19.0 Å². The summed E-state index contributed by atoms with van der Waals surface area (Å²) in [6.07, 6.45) is 3.06. The van der Waals surface area contributed by atoms with Gasteiger partial charge < -0.3 is 19.5 Å². The molecule has 0 saturated carbocycles. The normalized spacial score (nSPS) is 13.8. The number of imide groups is 1. The molecular formula is C31H27BrClFN2O7S. The largest absolute Gasteiger partial charge is 0.493 e. The zero-order chi connectivity index (χ0) is 31.8. The fourth-order valence-corrected chi connectivity index (χ4v) is 5.63. The number of esters is 1. The van der Waals surface area contributed by atoms with E-state index in [2.05, 4.69) is 21.2 Å². The fraction of sp³-hybridized carbons (Fsp3) is 0.226. The SMILES string of the molecule is CCCCOC(=O)c1cc(NC(=O)CN2C(=O)S/C(=C/c3cc(Br)c(OCc4cccc(F)c4)c(OC)c3)C2=O)ccc1Cl. The lowest BCUT2D eigenvalue weighted by Gasteiger charge is -2.14. The molecule has 0 aromatic heterocycles. The molecule has 0 spiro atoms. The van der Waals surface area contributed by atoms with Gasteiger partial charge in [-0.05, 0) is 93.8 Å². The standard InChI is InChI=1S/C31H27BrClFN2O7S/c1-3-4-10-42-30(39)22-15-21(8-9-24(22)33)35-27(37)16-36-29(38)26(44-31(36)40)14-19-12-23(32)28(25(13-19)41-2)43-17-18-6-5-7-20(34)11-18/h5-9,11-15H,3-4,10,16-17H2,1-2H3,(H,35,37)/b26-14+. The second-order valence-electron chi connectivity index (χ2n) is 9.45. The topological polar surface area (TPSA) is 111 Å². The van der Waals surface area contributed by atoms with Crippen molar-refractivity contribution < 1.29 is 37.8 Å². The van der Waals surface area contributed by atoms with Gasteiger partial charge in [-0.1, -0.05) is 37.1 Å². The molecule has 1 fully saturated rings. The second kappa shape index (κ2) is 15.2. The van der Waals surface area contributed by atoms with Crippen LogP contribution in [-0.2, 0) is 20.9 Å². The van der Waals surface area contributed by atoms with Crippen molar-refractivity contribution in [2.75, 3.05) is 25.6 Å². The van der Waals surface area contributed by atoms with E-state index in [-0.39, 0.29) is 40.2 Å². The van der Waals surface area contributed by atoms with Crippen LogP contribution >= 0.6 is 39.3 Å². The van der Waals surface area contributed by atoms with Crippen molar-refractivity contribution >= 4 is 74.1 Å². The second-order valence-corrected chi connectivity index (χ2v) is 11.7. The van der Waals surface area contributed by atoms with Crippen LogP contribution in [0.5, 0.6) is 11.5 Å². The van der Waals surface area contributed by atoms with E-state index in [4.69, 9.17) is 25.8 Å². The Hall–Kier alpha value is -3.87. The number of unbranched alkanes of at least 4 members (excludes halogenated alkanes) is 1. The summed E-state index contributed by atoms with van der Waals surface area (Å²) in [5.41, 5.74) is 1.49. The first-order valence-electron chi connectivity index (χ1n) is 13.4. The van der Waals surface area contributed by atoms with E-state index in [1.54, 1.807) is 24.3 Å². The Balaban J connectivity index is 1.43. The Kier molecular flexibility index (Phi) is 11.4. The molecular weight excluding hydrogens is 679 g/mol. The molecule has 1 N–H and O–H groups in total. The molecule has 3 aromatic rings. The lowest BCUT2D eigenvalue weighted by Crippen LogP contribution is -2.36. The lowest BCUT2D eigenvalue weighted by atomic mass is 10.1. The number of hydrogen-bond acceptors (Lipinski definition) is 8. The number of benzene rings is 3. The summed E-state index contributed by atoms with van der Waals surface area (Å²) in [6, 6.07) is 13.6. The average molecular weight is 706 g/mol. The van der Waals surface area contributed by atoms with Gasteiger partial charge in [-0.15, -0.1) is 0 Å². The number of nitrogens with one attached hydrogen (secondary N) is 1. The molecule has 13 heteroatoms. The number of rotatable bonds is 12. The molecule has 1 saturated heterocycles. The average Bonchev–Trinajstić information content (AvgIpc) is 3.24. The van der Waals surface area contributed by atoms with Crippen LogP contribution in [-0.4, -0.2) is 48.2 Å². The van der Waals surface area contributed by atoms with E-state index in [0.29, 0.717) is 45.3 Å². The van der Waals surface area contributed by atoms with E-state index in [1.807, 2.05) is 6.92 Å². The third-order valence-corrected chi connectivity index (χ3v) is 8.02. The van der Waals surface area contributed by atoms with Crippen molar-refractivity contribution in [1.82, 2.24) is 4.90 Å². The molecule has 3 aromatic carbocycles. The Labute approximate surface area is 270 Å². The van der Waals surface area contributed by atoms with Gasteiger partial charge in [0.05, 0.1) is 33.7 Å². The van der Waals surface area contributed by atoms with Crippen molar-refractivity contribution in [2.24, 2.45) is 0 Å². The summed E-state index contributed by atoms with van der Waals surface area (Å²) in [5.74, 6) is -1.57. The molecule has 1 aliphatic rings. The van der Waals surface area contributed by atoms with E-state index >= 15 is 0 Å². The van der Waals surface area contributed by atoms with Crippen LogP contribution in [0.4, 0.5) is 14.9 Å². The lowest BCUT2D eigenvalue weighted by molar-refractivity contribution is -0.127. The third-order valence-electron chi connectivity index (χ3n) is 6.20. The van der Waals surface area contributed by atoms with Crippen molar-refractivity contribution in [1.29, 1.82) is 0 Å². The summed E-state index contributed by atoms with van der Waals surface area (Å²) >= 11 is 10.3. The van der Waals surface area contributed by atoms with Crippen LogP contribution in [0.2, 0.25) is 5.02 Å². The maximum absolute atomic E-state index is 13.5. The Morgan fingerprint density at radius 1 is 1.14 bits per heavy atom. The summed E-state index contributed by atoms with van der Waals surface area (Å²) in [5, 5.41) is 2.13. The molecule has 9 nitrogen and oxygen atoms in total. The number of hydrogen-bond donors (Lipinski definition) is 1. The fourth-order valence-electron chi connectivity index (χ4n) is 4.02. The molecule has 3 amide bonds. The molecule has 0 aliphatic carbocycles. The highest BCUT2D eigenvalue weighted by Gasteiger charge is 2.36. The highest BCUT2D eigenvalue weighted by atomic mass is 79.9. The van der Waals surface area contributed by atoms with Crippen molar-refractivity contribution in [2.45, 2.75) is 26.4 Å². The van der Waals surface area contributed by atoms with Gasteiger partial charge >= 0.3 is 5.97 Å². The Bertz CT molecular complexity index is 1630. The molecule has 44 heavy (non-hydrogen) atoms. The van der Waals surface area contributed by atoms with Gasteiger partial charge in [-0.3, -0.25) is 19.3 Å². The van der Waals surface area contributed by atoms with Crippen molar-refractivity contribution in [3.8, 4) is 11.5 Å². The summed E-state index contributed by atoms with van der Waals surface area (Å²) in [7, 11) is 1.45. The first kappa shape index (κ1) is 33.0. The van der Waals surface area contributed by atoms with Crippen LogP contribution in [0.25, 0.3) is 6.08 Å². The van der Waals surface area contributed by atoms with E-state index in [0.717, 1.165) is 11.3 Å². The van der Waals surface area contributed by atoms with Crippen molar-refractivity contribution in [3.05, 3.63) is 91.5 Å². The maximum Gasteiger partial charge on any atom is 0.339 e. The van der Waals surface area contributed by atoms with Crippen LogP contribution in [0.1, 0.15) is 41.3 Å². The number of thioether (sulfide) groups is 1. The molecule has 0 bridgehead atoms. The van der Waals surface area contributed by atoms with Gasteiger partial charge in [0.2, 0.25) is 5.91 Å². The highest BCUT2D eigenvalue weighted by molar-refractivity contribution is 9.10. The van der Waals surface area contributed by atoms with Gasteiger partial charge in [0.25, 0.3) is 11.1 Å². The summed E-state index contributed by atoms with van der Waals surface area (Å²) in [6.45, 7) is 1.76. The summed E-state index contributed by atoms with van der Waals surface area (Å²) < 4.78 is 30.5. The first-order chi connectivity index (χ1) is 21.1.